The van der Waals surface area contributed by atoms with E-state index in [1.807, 2.05) is 0 Å². The third kappa shape index (κ3) is 0.775. The van der Waals surface area contributed by atoms with E-state index >= 15 is 0 Å². The minimum atomic E-state index is -0.259. The third-order valence-corrected chi connectivity index (χ3v) is 4.38. The largest absolute Gasteiger partial charge is 0.389 e. The quantitative estimate of drug-likeness (QED) is 0.611. The van der Waals surface area contributed by atoms with Crippen molar-refractivity contribution in [3.05, 3.63) is 0 Å². The Bertz CT molecular complexity index is 188. The van der Waals surface area contributed by atoms with Gasteiger partial charge in [0, 0.05) is 18.0 Å². The maximum absolute atomic E-state index is 10.2. The van der Waals surface area contributed by atoms with Gasteiger partial charge in [-0.3, -0.25) is 0 Å². The first-order valence-corrected chi connectivity index (χ1v) is 5.20. The monoisotopic (exact) mass is 167 g/mol. The van der Waals surface area contributed by atoms with Crippen LogP contribution in [0.25, 0.3) is 0 Å². The van der Waals surface area contributed by atoms with Gasteiger partial charge in [0.1, 0.15) is 0 Å². The highest BCUT2D eigenvalue weighted by Crippen LogP contribution is 2.58. The van der Waals surface area contributed by atoms with Crippen LogP contribution in [0.3, 0.4) is 0 Å². The van der Waals surface area contributed by atoms with E-state index in [9.17, 15) is 5.11 Å². The summed E-state index contributed by atoms with van der Waals surface area (Å²) in [5.74, 6) is 0. The van der Waals surface area contributed by atoms with Crippen LogP contribution in [0.2, 0.25) is 0 Å². The molecule has 2 nitrogen and oxygen atoms in total. The second-order valence-electron chi connectivity index (χ2n) is 4.97. The molecule has 2 N–H and O–H groups in total. The van der Waals surface area contributed by atoms with E-state index in [0.29, 0.717) is 0 Å². The van der Waals surface area contributed by atoms with E-state index in [4.69, 9.17) is 0 Å². The second-order valence-corrected chi connectivity index (χ2v) is 4.97. The second kappa shape index (κ2) is 2.05. The Morgan fingerprint density at radius 1 is 1.08 bits per heavy atom. The zero-order chi connectivity index (χ0) is 8.23. The van der Waals surface area contributed by atoms with Crippen molar-refractivity contribution in [1.29, 1.82) is 0 Å². The van der Waals surface area contributed by atoms with Crippen molar-refractivity contribution in [2.75, 3.05) is 6.54 Å². The molecule has 2 saturated carbocycles. The summed E-state index contributed by atoms with van der Waals surface area (Å²) in [6.07, 6.45) is 7.23. The molecule has 4 fully saturated rings. The first kappa shape index (κ1) is 7.34. The van der Waals surface area contributed by atoms with E-state index in [1.165, 1.54) is 25.7 Å². The Hall–Kier alpha value is -0.0800. The van der Waals surface area contributed by atoms with Crippen LogP contribution < -0.4 is 5.32 Å². The van der Waals surface area contributed by atoms with Crippen molar-refractivity contribution in [2.45, 2.75) is 50.2 Å². The Kier molecular flexibility index (Phi) is 1.25. The van der Waals surface area contributed by atoms with E-state index in [0.717, 1.165) is 25.4 Å². The zero-order valence-electron chi connectivity index (χ0n) is 7.47. The van der Waals surface area contributed by atoms with Gasteiger partial charge in [0.2, 0.25) is 0 Å². The van der Waals surface area contributed by atoms with Gasteiger partial charge in [0.05, 0.1) is 5.60 Å². The van der Waals surface area contributed by atoms with E-state index < -0.39 is 0 Å². The van der Waals surface area contributed by atoms with Crippen LogP contribution in [0.1, 0.15) is 38.5 Å². The maximum atomic E-state index is 10.2. The molecule has 0 aromatic rings. The number of nitrogens with one attached hydrogen (secondary N) is 1. The summed E-state index contributed by atoms with van der Waals surface area (Å²) in [5.41, 5.74) is 0.0210. The lowest BCUT2D eigenvalue weighted by Gasteiger charge is -2.50. The van der Waals surface area contributed by atoms with Gasteiger partial charge >= 0.3 is 0 Å². The zero-order valence-corrected chi connectivity index (χ0v) is 7.47. The molecule has 2 heteroatoms. The molecule has 2 aliphatic heterocycles. The molecule has 68 valence electrons. The maximum Gasteiger partial charge on any atom is 0.0718 e. The minimum absolute atomic E-state index is 0.259. The fourth-order valence-corrected chi connectivity index (χ4v) is 3.17. The predicted molar refractivity (Wildman–Crippen MR) is 46.9 cm³/mol. The lowest BCUT2D eigenvalue weighted by Crippen LogP contribution is -2.57. The molecule has 0 spiro atoms. The number of fused-ring (bicyclic) bond motifs is 3. The van der Waals surface area contributed by atoms with Crippen LogP contribution in [0.15, 0.2) is 0 Å². The number of hydrogen-bond donors (Lipinski definition) is 2. The van der Waals surface area contributed by atoms with Gasteiger partial charge in [0.15, 0.2) is 0 Å². The molecule has 0 unspecified atom stereocenters. The molecule has 4 aliphatic rings. The van der Waals surface area contributed by atoms with E-state index in [1.54, 1.807) is 0 Å². The molecule has 0 aromatic carbocycles. The normalized spacial score (nSPS) is 49.2. The van der Waals surface area contributed by atoms with Gasteiger partial charge in [-0.1, -0.05) is 0 Å². The molecular weight excluding hydrogens is 150 g/mol. The standard InChI is InChI=1S/C10H17NO/c12-10(5-6-10)9-3-1-8(2-4-9)11-7-9/h8,11-12H,1-7H2. The Morgan fingerprint density at radius 3 is 2.17 bits per heavy atom. The van der Waals surface area contributed by atoms with Crippen molar-refractivity contribution in [3.63, 3.8) is 0 Å². The van der Waals surface area contributed by atoms with Crippen LogP contribution in [0.4, 0.5) is 0 Å². The number of hydrogen-bond acceptors (Lipinski definition) is 2. The first-order chi connectivity index (χ1) is 5.74. The van der Waals surface area contributed by atoms with Gasteiger partial charge in [-0.05, 0) is 38.5 Å². The number of aliphatic hydroxyl groups is 1. The average molecular weight is 167 g/mol. The number of rotatable bonds is 1. The first-order valence-electron chi connectivity index (χ1n) is 5.20. The van der Waals surface area contributed by atoms with E-state index in [2.05, 4.69) is 5.32 Å². The van der Waals surface area contributed by atoms with Crippen molar-refractivity contribution in [3.8, 4) is 0 Å². The third-order valence-electron chi connectivity index (χ3n) is 4.38. The predicted octanol–water partition coefficient (Wildman–Crippen LogP) is 1.04. The average Bonchev–Trinajstić information content (AvgIpc) is 2.89. The summed E-state index contributed by atoms with van der Waals surface area (Å²) >= 11 is 0. The van der Waals surface area contributed by atoms with Crippen LogP contribution in [-0.2, 0) is 0 Å². The van der Waals surface area contributed by atoms with Gasteiger partial charge in [-0.25, -0.2) is 0 Å². The molecule has 2 saturated heterocycles. The van der Waals surface area contributed by atoms with Gasteiger partial charge in [-0.15, -0.1) is 0 Å². The molecule has 2 bridgehead atoms. The van der Waals surface area contributed by atoms with Crippen LogP contribution in [-0.4, -0.2) is 23.3 Å². The molecule has 4 rings (SSSR count). The van der Waals surface area contributed by atoms with Crippen LogP contribution >= 0.6 is 0 Å². The summed E-state index contributed by atoms with van der Waals surface area (Å²) in [6.45, 7) is 1.08. The molecule has 0 radical (unpaired) electrons. The van der Waals surface area contributed by atoms with Crippen molar-refractivity contribution in [2.24, 2.45) is 5.41 Å². The molecule has 0 atom stereocenters. The lowest BCUT2D eigenvalue weighted by atomic mass is 9.64. The molecule has 12 heavy (non-hydrogen) atoms. The number of piperidine rings is 2. The Labute approximate surface area is 73.4 Å². The highest BCUT2D eigenvalue weighted by molar-refractivity contribution is 5.13. The molecule has 0 aromatic heterocycles. The topological polar surface area (TPSA) is 32.3 Å². The highest BCUT2D eigenvalue weighted by atomic mass is 16.3. The smallest absolute Gasteiger partial charge is 0.0718 e. The van der Waals surface area contributed by atoms with Crippen molar-refractivity contribution < 1.29 is 5.11 Å². The van der Waals surface area contributed by atoms with Crippen molar-refractivity contribution >= 4 is 0 Å². The summed E-state index contributed by atoms with van der Waals surface area (Å²) in [6, 6.07) is 0.772. The summed E-state index contributed by atoms with van der Waals surface area (Å²) in [4.78, 5) is 0. The molecule has 2 heterocycles. The molecular formula is C10H17NO. The van der Waals surface area contributed by atoms with Crippen LogP contribution in [0, 0.1) is 5.41 Å². The van der Waals surface area contributed by atoms with Crippen LogP contribution in [0.5, 0.6) is 0 Å². The lowest BCUT2D eigenvalue weighted by molar-refractivity contribution is -0.0555. The van der Waals surface area contributed by atoms with Gasteiger partial charge in [-0.2, -0.15) is 0 Å². The van der Waals surface area contributed by atoms with E-state index in [-0.39, 0.29) is 11.0 Å². The fourth-order valence-electron chi connectivity index (χ4n) is 3.17. The van der Waals surface area contributed by atoms with Gasteiger partial charge in [0.25, 0.3) is 0 Å². The van der Waals surface area contributed by atoms with Crippen molar-refractivity contribution in [1.82, 2.24) is 5.32 Å². The Morgan fingerprint density at radius 2 is 1.75 bits per heavy atom. The molecule has 2 aliphatic carbocycles. The molecule has 0 amide bonds. The van der Waals surface area contributed by atoms with Gasteiger partial charge < -0.3 is 10.4 Å². The summed E-state index contributed by atoms with van der Waals surface area (Å²) in [5, 5.41) is 13.7. The Balaban J connectivity index is 1.88. The minimum Gasteiger partial charge on any atom is -0.389 e. The summed E-state index contributed by atoms with van der Waals surface area (Å²) < 4.78 is 0. The highest BCUT2D eigenvalue weighted by Gasteiger charge is 2.60. The summed E-state index contributed by atoms with van der Waals surface area (Å²) in [7, 11) is 0. The SMILES string of the molecule is OC1(C23CCC(CC2)NC3)CC1. The fraction of sp³-hybridized carbons (Fsp3) is 1.00.